The quantitative estimate of drug-likeness (QED) is 0.774. The Morgan fingerprint density at radius 3 is 1.36 bits per heavy atom. The number of hydrogen-bond donors (Lipinski definition) is 0. The van der Waals surface area contributed by atoms with Gasteiger partial charge in [-0.1, -0.05) is 0 Å². The maximum absolute atomic E-state index is 5.85. The van der Waals surface area contributed by atoms with E-state index < -0.39 is 0 Å². The van der Waals surface area contributed by atoms with Gasteiger partial charge in [0.2, 0.25) is 0 Å². The Morgan fingerprint density at radius 2 is 1.05 bits per heavy atom. The molecule has 6 heteroatoms. The van der Waals surface area contributed by atoms with Crippen LogP contribution in [0.1, 0.15) is 38.5 Å². The molecule has 3 rings (SSSR count). The second-order valence-corrected chi connectivity index (χ2v) is 6.58. The first-order chi connectivity index (χ1) is 9.90. The molecule has 3 saturated heterocycles. The van der Waals surface area contributed by atoms with Gasteiger partial charge in [-0.25, -0.2) is 0 Å². The number of hydrogen-bond acceptors (Lipinski definition) is 4. The zero-order valence-corrected chi connectivity index (χ0v) is 15.2. The van der Waals surface area contributed by atoms with E-state index in [0.29, 0.717) is 12.2 Å². The summed E-state index contributed by atoms with van der Waals surface area (Å²) in [7, 11) is 0. The van der Waals surface area contributed by atoms with E-state index in [0.717, 1.165) is 26.3 Å². The normalized spacial score (nSPS) is 31.1. The number of nitrogens with zero attached hydrogens (tertiary/aromatic N) is 2. The Balaban J connectivity index is 0.00000121. The van der Waals surface area contributed by atoms with Crippen LogP contribution < -0.4 is 0 Å². The molecule has 0 aromatic rings. The van der Waals surface area contributed by atoms with Gasteiger partial charge < -0.3 is 9.47 Å². The van der Waals surface area contributed by atoms with Crippen molar-refractivity contribution in [1.82, 2.24) is 9.80 Å². The van der Waals surface area contributed by atoms with Crippen molar-refractivity contribution < 1.29 is 9.47 Å². The average Bonchev–Trinajstić information content (AvgIpc) is 2.51. The zero-order valence-electron chi connectivity index (χ0n) is 13.6. The highest BCUT2D eigenvalue weighted by molar-refractivity contribution is 5.85. The minimum absolute atomic E-state index is 0. The maximum Gasteiger partial charge on any atom is 0.0702 e. The van der Waals surface area contributed by atoms with Gasteiger partial charge in [0.25, 0.3) is 0 Å². The Hall–Kier alpha value is 0.420. The molecule has 0 N–H and O–H groups in total. The molecule has 0 aromatic heterocycles. The summed E-state index contributed by atoms with van der Waals surface area (Å²) >= 11 is 0. The molecule has 0 amide bonds. The molecule has 0 bridgehead atoms. The molecule has 0 saturated carbocycles. The topological polar surface area (TPSA) is 24.9 Å². The lowest BCUT2D eigenvalue weighted by atomic mass is 10.1. The van der Waals surface area contributed by atoms with E-state index in [2.05, 4.69) is 9.80 Å². The van der Waals surface area contributed by atoms with Gasteiger partial charge in [0.15, 0.2) is 0 Å². The minimum Gasteiger partial charge on any atom is -0.377 e. The third kappa shape index (κ3) is 6.50. The van der Waals surface area contributed by atoms with Crippen LogP contribution in [0, 0.1) is 0 Å². The highest BCUT2D eigenvalue weighted by atomic mass is 35.5. The second-order valence-electron chi connectivity index (χ2n) is 6.58. The lowest BCUT2D eigenvalue weighted by Gasteiger charge is -2.38. The van der Waals surface area contributed by atoms with Crippen LogP contribution in [-0.4, -0.2) is 74.5 Å². The highest BCUT2D eigenvalue weighted by Crippen LogP contribution is 2.17. The average molecular weight is 355 g/mol. The molecule has 3 heterocycles. The molecule has 2 atom stereocenters. The first-order valence-electron chi connectivity index (χ1n) is 8.58. The third-order valence-electron chi connectivity index (χ3n) is 4.94. The molecular formula is C16H32Cl2N2O2. The van der Waals surface area contributed by atoms with Crippen LogP contribution in [0.5, 0.6) is 0 Å². The minimum atomic E-state index is 0. The van der Waals surface area contributed by atoms with E-state index in [-0.39, 0.29) is 24.8 Å². The summed E-state index contributed by atoms with van der Waals surface area (Å²) in [6.07, 6.45) is 8.73. The molecule has 3 aliphatic heterocycles. The van der Waals surface area contributed by atoms with Crippen molar-refractivity contribution >= 4 is 24.8 Å². The molecule has 0 aliphatic carbocycles. The van der Waals surface area contributed by atoms with Crippen molar-refractivity contribution in [2.45, 2.75) is 50.7 Å². The molecule has 3 aliphatic rings. The van der Waals surface area contributed by atoms with Crippen molar-refractivity contribution in [3.63, 3.8) is 0 Å². The third-order valence-corrected chi connectivity index (χ3v) is 4.94. The van der Waals surface area contributed by atoms with Crippen LogP contribution in [-0.2, 0) is 9.47 Å². The highest BCUT2D eigenvalue weighted by Gasteiger charge is 2.24. The van der Waals surface area contributed by atoms with E-state index >= 15 is 0 Å². The maximum atomic E-state index is 5.85. The fourth-order valence-corrected chi connectivity index (χ4v) is 3.63. The van der Waals surface area contributed by atoms with Crippen LogP contribution in [0.25, 0.3) is 0 Å². The fourth-order valence-electron chi connectivity index (χ4n) is 3.63. The summed E-state index contributed by atoms with van der Waals surface area (Å²) in [5.74, 6) is 0. The summed E-state index contributed by atoms with van der Waals surface area (Å²) in [4.78, 5) is 5.18. The van der Waals surface area contributed by atoms with Crippen molar-refractivity contribution in [1.29, 1.82) is 0 Å². The summed E-state index contributed by atoms with van der Waals surface area (Å²) < 4.78 is 11.7. The van der Waals surface area contributed by atoms with E-state index in [9.17, 15) is 0 Å². The fraction of sp³-hybridized carbons (Fsp3) is 1.00. The Labute approximate surface area is 147 Å². The number of ether oxygens (including phenoxy) is 2. The number of rotatable bonds is 4. The number of halogens is 2. The summed E-state index contributed by atoms with van der Waals surface area (Å²) in [6.45, 7) is 9.05. The van der Waals surface area contributed by atoms with Gasteiger partial charge in [0.05, 0.1) is 12.2 Å². The van der Waals surface area contributed by atoms with Crippen LogP contribution in [0.3, 0.4) is 0 Å². The Bertz CT molecular complexity index is 249. The monoisotopic (exact) mass is 354 g/mol. The molecule has 0 spiro atoms. The molecule has 4 nitrogen and oxygen atoms in total. The zero-order chi connectivity index (χ0) is 13.6. The lowest BCUT2D eigenvalue weighted by molar-refractivity contribution is -0.0299. The largest absolute Gasteiger partial charge is 0.377 e. The van der Waals surface area contributed by atoms with Gasteiger partial charge in [-0.15, -0.1) is 24.8 Å². The van der Waals surface area contributed by atoms with Crippen LogP contribution in [0.2, 0.25) is 0 Å². The summed E-state index contributed by atoms with van der Waals surface area (Å²) in [5, 5.41) is 0. The van der Waals surface area contributed by atoms with Crippen molar-refractivity contribution in [3.8, 4) is 0 Å². The van der Waals surface area contributed by atoms with Crippen LogP contribution in [0.15, 0.2) is 0 Å². The van der Waals surface area contributed by atoms with Crippen LogP contribution in [0.4, 0.5) is 0 Å². The first-order valence-corrected chi connectivity index (χ1v) is 8.58. The predicted molar refractivity (Wildman–Crippen MR) is 94.6 cm³/mol. The first kappa shape index (κ1) is 20.5. The Morgan fingerprint density at radius 1 is 0.636 bits per heavy atom. The van der Waals surface area contributed by atoms with Gasteiger partial charge in [0.1, 0.15) is 0 Å². The molecule has 3 fully saturated rings. The predicted octanol–water partition coefficient (Wildman–Crippen LogP) is 2.59. The van der Waals surface area contributed by atoms with E-state index in [1.165, 1.54) is 64.7 Å². The molecule has 0 aromatic carbocycles. The second kappa shape index (κ2) is 11.1. The Kier molecular flexibility index (Phi) is 10.3. The summed E-state index contributed by atoms with van der Waals surface area (Å²) in [5.41, 5.74) is 0. The van der Waals surface area contributed by atoms with Gasteiger partial charge >= 0.3 is 0 Å². The lowest BCUT2D eigenvalue weighted by Crippen LogP contribution is -2.51. The van der Waals surface area contributed by atoms with Crippen molar-refractivity contribution in [2.24, 2.45) is 0 Å². The smallest absolute Gasteiger partial charge is 0.0702 e. The van der Waals surface area contributed by atoms with Gasteiger partial charge in [-0.05, 0) is 38.5 Å². The molecule has 2 unspecified atom stereocenters. The molecule has 0 radical (unpaired) electrons. The van der Waals surface area contributed by atoms with Crippen molar-refractivity contribution in [3.05, 3.63) is 0 Å². The van der Waals surface area contributed by atoms with Gasteiger partial charge in [0, 0.05) is 52.5 Å². The van der Waals surface area contributed by atoms with E-state index in [1.807, 2.05) is 0 Å². The summed E-state index contributed by atoms with van der Waals surface area (Å²) in [6, 6.07) is 0. The molecule has 22 heavy (non-hydrogen) atoms. The van der Waals surface area contributed by atoms with Gasteiger partial charge in [-0.3, -0.25) is 9.80 Å². The molecular weight excluding hydrogens is 323 g/mol. The van der Waals surface area contributed by atoms with Crippen LogP contribution >= 0.6 is 24.8 Å². The molecule has 132 valence electrons. The van der Waals surface area contributed by atoms with E-state index in [1.54, 1.807) is 0 Å². The SMILES string of the molecule is C1CCC(CN2CCN(CC3CCCCO3)CC2)OC1.Cl.Cl. The number of piperazine rings is 1. The van der Waals surface area contributed by atoms with Gasteiger partial charge in [-0.2, -0.15) is 0 Å². The van der Waals surface area contributed by atoms with Crippen molar-refractivity contribution in [2.75, 3.05) is 52.5 Å². The standard InChI is InChI=1S/C16H30N2O2.2ClH/c1-3-11-19-15(5-1)13-17-7-9-18(10-8-17)14-16-6-2-4-12-20-16;;/h15-16H,1-14H2;2*1H. The van der Waals surface area contributed by atoms with E-state index in [4.69, 9.17) is 9.47 Å².